The van der Waals surface area contributed by atoms with Crippen LogP contribution in [0.4, 0.5) is 0 Å². The van der Waals surface area contributed by atoms with E-state index in [9.17, 15) is 14.7 Å². The minimum atomic E-state index is -1.08. The summed E-state index contributed by atoms with van der Waals surface area (Å²) in [5, 5.41) is 12.8. The zero-order valence-electron chi connectivity index (χ0n) is 22.5. The average Bonchev–Trinajstić information content (AvgIpc) is 3.35. The molecule has 0 saturated carbocycles. The molecular formula is C32H29ClN4O3. The Kier molecular flexibility index (Phi) is 7.67. The number of pyridine rings is 1. The summed E-state index contributed by atoms with van der Waals surface area (Å²) in [7, 11) is 0. The lowest BCUT2D eigenvalue weighted by atomic mass is 9.96. The van der Waals surface area contributed by atoms with Crippen molar-refractivity contribution in [2.45, 2.75) is 33.1 Å². The molecule has 0 saturated heterocycles. The molecule has 0 aliphatic heterocycles. The Morgan fingerprint density at radius 1 is 1.02 bits per heavy atom. The predicted octanol–water partition coefficient (Wildman–Crippen LogP) is 6.72. The van der Waals surface area contributed by atoms with E-state index in [1.54, 1.807) is 24.3 Å². The van der Waals surface area contributed by atoms with E-state index in [0.29, 0.717) is 24.1 Å². The van der Waals surface area contributed by atoms with E-state index in [2.05, 4.69) is 41.3 Å². The Hall–Kier alpha value is -4.49. The maximum Gasteiger partial charge on any atom is 0.354 e. The van der Waals surface area contributed by atoms with Crippen molar-refractivity contribution in [2.24, 2.45) is 0 Å². The molecule has 40 heavy (non-hydrogen) atoms. The molecule has 3 N–H and O–H groups in total. The Bertz CT molecular complexity index is 1690. The van der Waals surface area contributed by atoms with Crippen molar-refractivity contribution in [3.05, 3.63) is 117 Å². The molecule has 0 bridgehead atoms. The molecule has 0 fully saturated rings. The molecule has 5 rings (SSSR count). The van der Waals surface area contributed by atoms with Crippen molar-refractivity contribution in [1.29, 1.82) is 0 Å². The molecule has 8 heteroatoms. The summed E-state index contributed by atoms with van der Waals surface area (Å²) < 4.78 is 0. The van der Waals surface area contributed by atoms with Gasteiger partial charge in [0.05, 0.1) is 27.5 Å². The third-order valence-corrected chi connectivity index (χ3v) is 7.56. The quantitative estimate of drug-likeness (QED) is 0.198. The molecule has 1 amide bonds. The highest BCUT2D eigenvalue weighted by molar-refractivity contribution is 6.34. The maximum atomic E-state index is 13.3. The van der Waals surface area contributed by atoms with Crippen LogP contribution < -0.4 is 5.32 Å². The summed E-state index contributed by atoms with van der Waals surface area (Å²) in [5.41, 5.74) is 7.63. The first-order chi connectivity index (χ1) is 19.3. The van der Waals surface area contributed by atoms with Gasteiger partial charge in [-0.25, -0.2) is 14.8 Å². The lowest BCUT2D eigenvalue weighted by molar-refractivity contribution is 0.0689. The van der Waals surface area contributed by atoms with Crippen LogP contribution in [0.25, 0.3) is 22.2 Å². The van der Waals surface area contributed by atoms with Gasteiger partial charge in [0.2, 0.25) is 0 Å². The van der Waals surface area contributed by atoms with Gasteiger partial charge >= 0.3 is 5.97 Å². The molecule has 0 aliphatic rings. The number of benzene rings is 3. The number of aromatic amines is 1. The Morgan fingerprint density at radius 2 is 1.77 bits per heavy atom. The summed E-state index contributed by atoms with van der Waals surface area (Å²) in [5.74, 6) is -0.818. The highest BCUT2D eigenvalue weighted by Gasteiger charge is 2.22. The number of rotatable bonds is 8. The fourth-order valence-corrected chi connectivity index (χ4v) is 5.24. The average molecular weight is 553 g/mol. The number of aromatic nitrogens is 3. The molecule has 3 aromatic carbocycles. The van der Waals surface area contributed by atoms with Crippen LogP contribution in [-0.4, -0.2) is 38.5 Å². The molecule has 1 atom stereocenters. The third-order valence-electron chi connectivity index (χ3n) is 7.25. The summed E-state index contributed by atoms with van der Waals surface area (Å²) in [6.07, 6.45) is 1.96. The van der Waals surface area contributed by atoms with Crippen LogP contribution in [0.3, 0.4) is 0 Å². The number of halogens is 1. The number of imidazole rings is 1. The number of hydrogen-bond acceptors (Lipinski definition) is 4. The number of carbonyl (C=O) groups is 2. The van der Waals surface area contributed by atoms with Gasteiger partial charge in [-0.1, -0.05) is 54.9 Å². The SMILES string of the molecule is CCc1c(-c2ccc(C(=O)NCC(c3ccccc3)c3nc4cc(C)c(C)cc4[nH]3)c(Cl)c2)ccnc1C(=O)O. The number of aryl methyl sites for hydroxylation is 2. The van der Waals surface area contributed by atoms with Gasteiger partial charge in [0.1, 0.15) is 5.82 Å². The van der Waals surface area contributed by atoms with Crippen molar-refractivity contribution >= 4 is 34.5 Å². The third kappa shape index (κ3) is 5.33. The lowest BCUT2D eigenvalue weighted by Gasteiger charge is -2.17. The second-order valence-electron chi connectivity index (χ2n) is 9.79. The van der Waals surface area contributed by atoms with Gasteiger partial charge in [0, 0.05) is 12.7 Å². The van der Waals surface area contributed by atoms with Crippen LogP contribution >= 0.6 is 11.6 Å². The minimum absolute atomic E-state index is 0.0146. The number of nitrogens with one attached hydrogen (secondary N) is 2. The van der Waals surface area contributed by atoms with Crippen LogP contribution in [0.1, 0.15) is 61.8 Å². The van der Waals surface area contributed by atoms with E-state index in [1.165, 1.54) is 17.3 Å². The number of amides is 1. The van der Waals surface area contributed by atoms with Crippen molar-refractivity contribution in [3.8, 4) is 11.1 Å². The molecule has 0 spiro atoms. The summed E-state index contributed by atoms with van der Waals surface area (Å²) in [6, 6.07) is 21.0. The van der Waals surface area contributed by atoms with Gasteiger partial charge in [-0.2, -0.15) is 0 Å². The number of aromatic carboxylic acids is 1. The summed E-state index contributed by atoms with van der Waals surface area (Å²) in [4.78, 5) is 37.3. The molecule has 2 heterocycles. The van der Waals surface area contributed by atoms with Crippen LogP contribution in [-0.2, 0) is 6.42 Å². The number of fused-ring (bicyclic) bond motifs is 1. The van der Waals surface area contributed by atoms with Gasteiger partial charge < -0.3 is 15.4 Å². The summed E-state index contributed by atoms with van der Waals surface area (Å²) >= 11 is 6.59. The lowest BCUT2D eigenvalue weighted by Crippen LogP contribution is -2.29. The molecule has 5 aromatic rings. The van der Waals surface area contributed by atoms with Crippen molar-refractivity contribution < 1.29 is 14.7 Å². The molecule has 1 unspecified atom stereocenters. The van der Waals surface area contributed by atoms with Gasteiger partial charge in [0.25, 0.3) is 5.91 Å². The zero-order valence-corrected chi connectivity index (χ0v) is 23.2. The highest BCUT2D eigenvalue weighted by atomic mass is 35.5. The minimum Gasteiger partial charge on any atom is -0.477 e. The Balaban J connectivity index is 1.41. The van der Waals surface area contributed by atoms with Crippen LogP contribution in [0.15, 0.2) is 72.9 Å². The van der Waals surface area contributed by atoms with Crippen molar-refractivity contribution in [3.63, 3.8) is 0 Å². The highest BCUT2D eigenvalue weighted by Crippen LogP contribution is 2.30. The van der Waals surface area contributed by atoms with E-state index >= 15 is 0 Å². The summed E-state index contributed by atoms with van der Waals surface area (Å²) in [6.45, 7) is 6.33. The number of H-pyrrole nitrogens is 1. The molecular weight excluding hydrogens is 524 g/mol. The van der Waals surface area contributed by atoms with E-state index in [0.717, 1.165) is 33.5 Å². The topological polar surface area (TPSA) is 108 Å². The normalized spacial score (nSPS) is 11.9. The van der Waals surface area contributed by atoms with Crippen LogP contribution in [0.2, 0.25) is 5.02 Å². The van der Waals surface area contributed by atoms with Gasteiger partial charge in [0.15, 0.2) is 5.69 Å². The molecule has 7 nitrogen and oxygen atoms in total. The smallest absolute Gasteiger partial charge is 0.354 e. The fraction of sp³-hybridized carbons (Fsp3) is 0.188. The van der Waals surface area contributed by atoms with E-state index in [-0.39, 0.29) is 22.5 Å². The van der Waals surface area contributed by atoms with Gasteiger partial charge in [-0.15, -0.1) is 0 Å². The number of hydrogen-bond donors (Lipinski definition) is 3. The molecule has 0 radical (unpaired) electrons. The van der Waals surface area contributed by atoms with Crippen LogP contribution in [0, 0.1) is 13.8 Å². The first-order valence-corrected chi connectivity index (χ1v) is 13.5. The second kappa shape index (κ2) is 11.3. The van der Waals surface area contributed by atoms with Crippen LogP contribution in [0.5, 0.6) is 0 Å². The predicted molar refractivity (Wildman–Crippen MR) is 157 cm³/mol. The van der Waals surface area contributed by atoms with Crippen molar-refractivity contribution in [1.82, 2.24) is 20.3 Å². The van der Waals surface area contributed by atoms with E-state index in [4.69, 9.17) is 16.6 Å². The number of carboxylic acid groups (broad SMARTS) is 1. The first-order valence-electron chi connectivity index (χ1n) is 13.1. The number of carbonyl (C=O) groups excluding carboxylic acids is 1. The first kappa shape index (κ1) is 27.1. The molecule has 202 valence electrons. The van der Waals surface area contributed by atoms with Gasteiger partial charge in [-0.05, 0) is 84.0 Å². The van der Waals surface area contributed by atoms with E-state index in [1.807, 2.05) is 37.3 Å². The molecule has 0 aliphatic carbocycles. The van der Waals surface area contributed by atoms with E-state index < -0.39 is 5.97 Å². The maximum absolute atomic E-state index is 13.3. The second-order valence-corrected chi connectivity index (χ2v) is 10.2. The van der Waals surface area contributed by atoms with Crippen molar-refractivity contribution in [2.75, 3.05) is 6.54 Å². The van der Waals surface area contributed by atoms with Gasteiger partial charge in [-0.3, -0.25) is 4.79 Å². The zero-order chi connectivity index (χ0) is 28.4. The largest absolute Gasteiger partial charge is 0.477 e. The fourth-order valence-electron chi connectivity index (χ4n) is 4.97. The molecule has 2 aromatic heterocycles. The Labute approximate surface area is 237 Å². The standard InChI is InChI=1S/C32H29ClN4O3/c1-4-22-23(12-13-34-29(22)32(39)40)21-10-11-24(26(33)16-21)31(38)35-17-25(20-8-6-5-7-9-20)30-36-27-14-18(2)19(3)15-28(27)37-30/h5-16,25H,4,17H2,1-3H3,(H,35,38)(H,36,37)(H,39,40). The Morgan fingerprint density at radius 3 is 2.48 bits per heavy atom. The number of carboxylic acids is 1. The number of nitrogens with zero attached hydrogens (tertiary/aromatic N) is 2. The monoisotopic (exact) mass is 552 g/mol.